The van der Waals surface area contributed by atoms with Gasteiger partial charge in [0, 0.05) is 43.7 Å². The quantitative estimate of drug-likeness (QED) is 0.329. The maximum Gasteiger partial charge on any atom is 0.191 e. The summed E-state index contributed by atoms with van der Waals surface area (Å²) in [5.41, 5.74) is 2.68. The molecule has 0 aliphatic carbocycles. The Balaban J connectivity index is 0.00000243. The molecule has 0 atom stereocenters. The van der Waals surface area contributed by atoms with Crippen LogP contribution >= 0.6 is 51.2 Å². The number of thiophene rings is 1. The minimum Gasteiger partial charge on any atom is -0.354 e. The van der Waals surface area contributed by atoms with Crippen LogP contribution in [0.25, 0.3) is 0 Å². The van der Waals surface area contributed by atoms with E-state index >= 15 is 0 Å². The molecule has 1 fully saturated rings. The summed E-state index contributed by atoms with van der Waals surface area (Å²) in [5.74, 6) is 0.901. The SMILES string of the molecule is CN=C(NCc1ccsc1)NC1CCN(Cc2ccc(Br)cc2)CC1.I. The van der Waals surface area contributed by atoms with Crippen molar-refractivity contribution in [3.63, 3.8) is 0 Å². The van der Waals surface area contributed by atoms with Crippen LogP contribution < -0.4 is 10.6 Å². The number of hydrogen-bond acceptors (Lipinski definition) is 3. The Hall–Kier alpha value is -0.640. The molecule has 7 heteroatoms. The Kier molecular flexibility index (Phi) is 9.38. The summed E-state index contributed by atoms with van der Waals surface area (Å²) in [7, 11) is 1.84. The highest BCUT2D eigenvalue weighted by atomic mass is 127. The Morgan fingerprint density at radius 1 is 1.19 bits per heavy atom. The first-order valence-corrected chi connectivity index (χ1v) is 10.4. The largest absolute Gasteiger partial charge is 0.354 e. The standard InChI is InChI=1S/C19H25BrN4S.HI/c1-21-19(22-12-16-8-11-25-14-16)23-18-6-9-24(10-7-18)13-15-2-4-17(20)5-3-15;/h2-5,8,11,14,18H,6-7,9-10,12-13H2,1H3,(H2,21,22,23);1H. The van der Waals surface area contributed by atoms with Crippen molar-refractivity contribution in [2.24, 2.45) is 4.99 Å². The molecule has 4 nitrogen and oxygen atoms in total. The Labute approximate surface area is 185 Å². The number of rotatable bonds is 5. The van der Waals surface area contributed by atoms with Crippen molar-refractivity contribution in [2.75, 3.05) is 20.1 Å². The van der Waals surface area contributed by atoms with Crippen LogP contribution in [0.5, 0.6) is 0 Å². The van der Waals surface area contributed by atoms with Crippen molar-refractivity contribution in [3.8, 4) is 0 Å². The van der Waals surface area contributed by atoms with E-state index in [-0.39, 0.29) is 24.0 Å². The summed E-state index contributed by atoms with van der Waals surface area (Å²) in [6.07, 6.45) is 2.30. The van der Waals surface area contributed by atoms with E-state index in [1.165, 1.54) is 11.1 Å². The zero-order chi connectivity index (χ0) is 17.5. The number of benzene rings is 1. The first kappa shape index (κ1) is 21.7. The van der Waals surface area contributed by atoms with Crippen LogP contribution in [0.4, 0.5) is 0 Å². The van der Waals surface area contributed by atoms with Gasteiger partial charge in [-0.15, -0.1) is 24.0 Å². The second-order valence-electron chi connectivity index (χ2n) is 6.38. The molecule has 0 amide bonds. The predicted molar refractivity (Wildman–Crippen MR) is 126 cm³/mol. The molecule has 1 aromatic heterocycles. The molecule has 0 unspecified atom stereocenters. The van der Waals surface area contributed by atoms with Crippen LogP contribution in [0.1, 0.15) is 24.0 Å². The number of nitrogens with zero attached hydrogens (tertiary/aromatic N) is 2. The number of guanidine groups is 1. The molecule has 26 heavy (non-hydrogen) atoms. The van der Waals surface area contributed by atoms with Crippen molar-refractivity contribution < 1.29 is 0 Å². The van der Waals surface area contributed by atoms with E-state index in [9.17, 15) is 0 Å². The maximum atomic E-state index is 4.36. The molecule has 1 aliphatic heterocycles. The second kappa shape index (κ2) is 11.3. The van der Waals surface area contributed by atoms with Crippen LogP contribution in [0.3, 0.4) is 0 Å². The molecule has 0 saturated carbocycles. The lowest BCUT2D eigenvalue weighted by atomic mass is 10.0. The smallest absolute Gasteiger partial charge is 0.191 e. The molecule has 142 valence electrons. The summed E-state index contributed by atoms with van der Waals surface area (Å²) in [5, 5.41) is 11.2. The lowest BCUT2D eigenvalue weighted by Gasteiger charge is -2.33. The number of hydrogen-bond donors (Lipinski definition) is 2. The van der Waals surface area contributed by atoms with Gasteiger partial charge in [-0.25, -0.2) is 0 Å². The molecule has 2 heterocycles. The highest BCUT2D eigenvalue weighted by Gasteiger charge is 2.20. The maximum absolute atomic E-state index is 4.36. The topological polar surface area (TPSA) is 39.7 Å². The average Bonchev–Trinajstić information content (AvgIpc) is 3.15. The fourth-order valence-corrected chi connectivity index (χ4v) is 3.98. The molecule has 2 aromatic rings. The summed E-state index contributed by atoms with van der Waals surface area (Å²) in [6, 6.07) is 11.3. The summed E-state index contributed by atoms with van der Waals surface area (Å²) >= 11 is 5.22. The Bertz CT molecular complexity index is 667. The van der Waals surface area contributed by atoms with Gasteiger partial charge in [0.2, 0.25) is 0 Å². The van der Waals surface area contributed by atoms with Gasteiger partial charge in [0.1, 0.15) is 0 Å². The van der Waals surface area contributed by atoms with Gasteiger partial charge in [0.25, 0.3) is 0 Å². The van der Waals surface area contributed by atoms with E-state index in [1.807, 2.05) is 7.05 Å². The molecule has 3 rings (SSSR count). The highest BCUT2D eigenvalue weighted by Crippen LogP contribution is 2.16. The highest BCUT2D eigenvalue weighted by molar-refractivity contribution is 14.0. The minimum atomic E-state index is 0. The van der Waals surface area contributed by atoms with Crippen molar-refractivity contribution in [1.82, 2.24) is 15.5 Å². The van der Waals surface area contributed by atoms with Gasteiger partial charge in [0.05, 0.1) is 0 Å². The number of aliphatic imine (C=N–C) groups is 1. The van der Waals surface area contributed by atoms with Crippen LogP contribution in [-0.2, 0) is 13.1 Å². The molecule has 0 bridgehead atoms. The summed E-state index contributed by atoms with van der Waals surface area (Å²) in [4.78, 5) is 6.89. The van der Waals surface area contributed by atoms with E-state index in [4.69, 9.17) is 0 Å². The molecular formula is C19H26BrIN4S. The van der Waals surface area contributed by atoms with E-state index < -0.39 is 0 Å². The van der Waals surface area contributed by atoms with E-state index in [2.05, 4.69) is 77.5 Å². The molecule has 2 N–H and O–H groups in total. The fourth-order valence-electron chi connectivity index (χ4n) is 3.05. The first-order valence-electron chi connectivity index (χ1n) is 8.68. The summed E-state index contributed by atoms with van der Waals surface area (Å²) in [6.45, 7) is 4.10. The van der Waals surface area contributed by atoms with Crippen molar-refractivity contribution >= 4 is 57.2 Å². The Morgan fingerprint density at radius 3 is 2.54 bits per heavy atom. The van der Waals surface area contributed by atoms with Crippen molar-refractivity contribution in [3.05, 3.63) is 56.7 Å². The lowest BCUT2D eigenvalue weighted by molar-refractivity contribution is 0.198. The lowest BCUT2D eigenvalue weighted by Crippen LogP contribution is -2.48. The van der Waals surface area contributed by atoms with Crippen LogP contribution in [-0.4, -0.2) is 37.0 Å². The molecule has 0 radical (unpaired) electrons. The third kappa shape index (κ3) is 6.83. The number of nitrogens with one attached hydrogen (secondary N) is 2. The normalized spacial score (nSPS) is 16.2. The van der Waals surface area contributed by atoms with Gasteiger partial charge in [0.15, 0.2) is 5.96 Å². The van der Waals surface area contributed by atoms with E-state index in [0.717, 1.165) is 49.5 Å². The second-order valence-corrected chi connectivity index (χ2v) is 8.07. The van der Waals surface area contributed by atoms with Crippen molar-refractivity contribution in [1.29, 1.82) is 0 Å². The van der Waals surface area contributed by atoms with Gasteiger partial charge in [-0.2, -0.15) is 11.3 Å². The molecule has 1 saturated heterocycles. The number of likely N-dealkylation sites (tertiary alicyclic amines) is 1. The van der Waals surface area contributed by atoms with Gasteiger partial charge in [-0.05, 0) is 52.9 Å². The van der Waals surface area contributed by atoms with Crippen LogP contribution in [0.15, 0.2) is 50.6 Å². The number of piperidine rings is 1. The first-order chi connectivity index (χ1) is 12.2. The fraction of sp³-hybridized carbons (Fsp3) is 0.421. The molecule has 1 aromatic carbocycles. The van der Waals surface area contributed by atoms with Gasteiger partial charge < -0.3 is 10.6 Å². The minimum absolute atomic E-state index is 0. The monoisotopic (exact) mass is 548 g/mol. The van der Waals surface area contributed by atoms with E-state index in [1.54, 1.807) is 11.3 Å². The van der Waals surface area contributed by atoms with Gasteiger partial charge in [-0.3, -0.25) is 9.89 Å². The van der Waals surface area contributed by atoms with Crippen LogP contribution in [0.2, 0.25) is 0 Å². The third-order valence-electron chi connectivity index (χ3n) is 4.51. The van der Waals surface area contributed by atoms with Crippen LogP contribution in [0, 0.1) is 0 Å². The predicted octanol–water partition coefficient (Wildman–Crippen LogP) is 4.46. The zero-order valence-corrected chi connectivity index (χ0v) is 19.7. The average molecular weight is 549 g/mol. The number of halogens is 2. The van der Waals surface area contributed by atoms with Gasteiger partial charge in [-0.1, -0.05) is 28.1 Å². The summed E-state index contributed by atoms with van der Waals surface area (Å²) < 4.78 is 1.14. The van der Waals surface area contributed by atoms with E-state index in [0.29, 0.717) is 6.04 Å². The molecule has 0 spiro atoms. The molecule has 1 aliphatic rings. The van der Waals surface area contributed by atoms with Gasteiger partial charge >= 0.3 is 0 Å². The third-order valence-corrected chi connectivity index (χ3v) is 5.77. The zero-order valence-electron chi connectivity index (χ0n) is 15.0. The Morgan fingerprint density at radius 2 is 1.92 bits per heavy atom. The van der Waals surface area contributed by atoms with Crippen molar-refractivity contribution in [2.45, 2.75) is 32.0 Å². The molecular weight excluding hydrogens is 523 g/mol.